The van der Waals surface area contributed by atoms with Crippen LogP contribution in [0.5, 0.6) is 0 Å². The SMILES string of the molecule is CNC(Cc1c(Cl)cccc1Cl)C1CSc2ccccc21. The first kappa shape index (κ1) is 15.2. The second-order valence-electron chi connectivity index (χ2n) is 5.25. The van der Waals surface area contributed by atoms with Crippen LogP contribution in [-0.2, 0) is 6.42 Å². The van der Waals surface area contributed by atoms with E-state index in [0.29, 0.717) is 12.0 Å². The first-order chi connectivity index (χ1) is 10.2. The first-order valence-corrected chi connectivity index (χ1v) is 8.76. The summed E-state index contributed by atoms with van der Waals surface area (Å²) < 4.78 is 0. The molecule has 0 aromatic heterocycles. The summed E-state index contributed by atoms with van der Waals surface area (Å²) in [6, 6.07) is 14.7. The minimum absolute atomic E-state index is 0.332. The van der Waals surface area contributed by atoms with Crippen LogP contribution in [0.15, 0.2) is 47.4 Å². The van der Waals surface area contributed by atoms with Crippen LogP contribution in [0.3, 0.4) is 0 Å². The first-order valence-electron chi connectivity index (χ1n) is 7.02. The molecule has 0 fully saturated rings. The maximum Gasteiger partial charge on any atom is 0.0453 e. The van der Waals surface area contributed by atoms with E-state index in [2.05, 4.69) is 29.6 Å². The van der Waals surface area contributed by atoms with Crippen molar-refractivity contribution in [2.24, 2.45) is 0 Å². The van der Waals surface area contributed by atoms with E-state index in [1.807, 2.05) is 37.0 Å². The van der Waals surface area contributed by atoms with E-state index >= 15 is 0 Å². The topological polar surface area (TPSA) is 12.0 Å². The summed E-state index contributed by atoms with van der Waals surface area (Å²) in [7, 11) is 2.01. The lowest BCUT2D eigenvalue weighted by atomic mass is 9.89. The third-order valence-corrected chi connectivity index (χ3v) is 6.00. The van der Waals surface area contributed by atoms with E-state index in [9.17, 15) is 0 Å². The third kappa shape index (κ3) is 3.09. The molecule has 0 saturated heterocycles. The summed E-state index contributed by atoms with van der Waals surface area (Å²) in [5.41, 5.74) is 2.47. The minimum Gasteiger partial charge on any atom is -0.316 e. The Balaban J connectivity index is 1.87. The Kier molecular flexibility index (Phi) is 4.80. The van der Waals surface area contributed by atoms with Crippen molar-refractivity contribution in [1.82, 2.24) is 5.32 Å². The zero-order valence-corrected chi connectivity index (χ0v) is 14.1. The van der Waals surface area contributed by atoms with Crippen molar-refractivity contribution in [3.63, 3.8) is 0 Å². The van der Waals surface area contributed by atoms with Gasteiger partial charge in [-0.1, -0.05) is 47.5 Å². The maximum atomic E-state index is 6.32. The molecule has 2 aromatic carbocycles. The summed E-state index contributed by atoms with van der Waals surface area (Å²) >= 11 is 14.6. The second-order valence-corrected chi connectivity index (χ2v) is 7.13. The van der Waals surface area contributed by atoms with Crippen LogP contribution in [0.1, 0.15) is 17.0 Å². The van der Waals surface area contributed by atoms with Crippen molar-refractivity contribution in [3.05, 3.63) is 63.6 Å². The van der Waals surface area contributed by atoms with E-state index < -0.39 is 0 Å². The Morgan fingerprint density at radius 3 is 2.57 bits per heavy atom. The molecule has 2 atom stereocenters. The van der Waals surface area contributed by atoms with Gasteiger partial charge in [0.25, 0.3) is 0 Å². The average Bonchev–Trinajstić information content (AvgIpc) is 2.91. The van der Waals surface area contributed by atoms with Gasteiger partial charge in [-0.2, -0.15) is 0 Å². The molecular formula is C17H17Cl2NS. The predicted octanol–water partition coefficient (Wildman–Crippen LogP) is 5.01. The summed E-state index contributed by atoms with van der Waals surface area (Å²) in [5.74, 6) is 1.59. The smallest absolute Gasteiger partial charge is 0.0453 e. The highest BCUT2D eigenvalue weighted by atomic mass is 35.5. The molecule has 110 valence electrons. The number of fused-ring (bicyclic) bond motifs is 1. The van der Waals surface area contributed by atoms with Crippen molar-refractivity contribution < 1.29 is 0 Å². The van der Waals surface area contributed by atoms with Gasteiger partial charge in [-0.3, -0.25) is 0 Å². The second kappa shape index (κ2) is 6.62. The van der Waals surface area contributed by atoms with Crippen molar-refractivity contribution in [1.29, 1.82) is 0 Å². The van der Waals surface area contributed by atoms with Crippen molar-refractivity contribution in [2.45, 2.75) is 23.3 Å². The van der Waals surface area contributed by atoms with Gasteiger partial charge in [-0.05, 0) is 42.8 Å². The number of hydrogen-bond donors (Lipinski definition) is 1. The van der Waals surface area contributed by atoms with Gasteiger partial charge >= 0.3 is 0 Å². The largest absolute Gasteiger partial charge is 0.316 e. The highest BCUT2D eigenvalue weighted by Gasteiger charge is 2.30. The Morgan fingerprint density at radius 1 is 1.14 bits per heavy atom. The molecule has 2 aromatic rings. The van der Waals surface area contributed by atoms with Crippen molar-refractivity contribution in [3.8, 4) is 0 Å². The molecule has 1 N–H and O–H groups in total. The van der Waals surface area contributed by atoms with E-state index in [4.69, 9.17) is 23.2 Å². The van der Waals surface area contributed by atoms with Crippen molar-refractivity contribution in [2.75, 3.05) is 12.8 Å². The zero-order chi connectivity index (χ0) is 14.8. The predicted molar refractivity (Wildman–Crippen MR) is 92.9 cm³/mol. The average molecular weight is 338 g/mol. The van der Waals surface area contributed by atoms with Gasteiger partial charge in [0.1, 0.15) is 0 Å². The van der Waals surface area contributed by atoms with Gasteiger partial charge in [-0.15, -0.1) is 11.8 Å². The van der Waals surface area contributed by atoms with Gasteiger partial charge in [0.2, 0.25) is 0 Å². The van der Waals surface area contributed by atoms with Crippen LogP contribution in [0.2, 0.25) is 10.0 Å². The summed E-state index contributed by atoms with van der Waals surface area (Å²) in [4.78, 5) is 1.40. The number of thioether (sulfide) groups is 1. The molecule has 0 spiro atoms. The lowest BCUT2D eigenvalue weighted by Crippen LogP contribution is -2.34. The van der Waals surface area contributed by atoms with Crippen LogP contribution in [0.4, 0.5) is 0 Å². The fourth-order valence-corrected chi connectivity index (χ4v) is 4.80. The maximum absolute atomic E-state index is 6.32. The number of rotatable bonds is 4. The normalized spacial score (nSPS) is 18.5. The molecule has 0 radical (unpaired) electrons. The Hall–Kier alpha value is -0.670. The van der Waals surface area contributed by atoms with Crippen LogP contribution in [0.25, 0.3) is 0 Å². The molecule has 3 rings (SSSR count). The number of likely N-dealkylation sites (N-methyl/N-ethyl adjacent to an activating group) is 1. The molecule has 1 nitrogen and oxygen atoms in total. The molecule has 21 heavy (non-hydrogen) atoms. The molecule has 0 saturated carbocycles. The van der Waals surface area contributed by atoms with Crippen LogP contribution >= 0.6 is 35.0 Å². The monoisotopic (exact) mass is 337 g/mol. The quantitative estimate of drug-likeness (QED) is 0.841. The van der Waals surface area contributed by atoms with E-state index in [1.165, 1.54) is 10.5 Å². The summed E-state index contributed by atoms with van der Waals surface area (Å²) in [6.07, 6.45) is 0.842. The molecule has 2 unspecified atom stereocenters. The number of hydrogen-bond acceptors (Lipinski definition) is 2. The molecule has 0 bridgehead atoms. The Bertz CT molecular complexity index is 624. The van der Waals surface area contributed by atoms with Crippen LogP contribution in [0, 0.1) is 0 Å². The van der Waals surface area contributed by atoms with Crippen LogP contribution in [-0.4, -0.2) is 18.8 Å². The highest BCUT2D eigenvalue weighted by molar-refractivity contribution is 7.99. The van der Waals surface area contributed by atoms with Gasteiger partial charge < -0.3 is 5.32 Å². The standard InChI is InChI=1S/C17H17Cl2NS/c1-20-16(9-12-14(18)6-4-7-15(12)19)13-10-21-17-8-3-2-5-11(13)17/h2-8,13,16,20H,9-10H2,1H3. The lowest BCUT2D eigenvalue weighted by Gasteiger charge is -2.24. The number of nitrogens with one attached hydrogen (secondary N) is 1. The van der Waals surface area contributed by atoms with Crippen LogP contribution < -0.4 is 5.32 Å². The molecule has 1 aliphatic heterocycles. The molecule has 4 heteroatoms. The van der Waals surface area contributed by atoms with Gasteiger partial charge in [0.05, 0.1) is 0 Å². The molecular weight excluding hydrogens is 321 g/mol. The van der Waals surface area contributed by atoms with Crippen molar-refractivity contribution >= 4 is 35.0 Å². The zero-order valence-electron chi connectivity index (χ0n) is 11.8. The molecule has 0 amide bonds. The molecule has 1 aliphatic rings. The fourth-order valence-electron chi connectivity index (χ4n) is 2.91. The van der Waals surface area contributed by atoms with E-state index in [-0.39, 0.29) is 0 Å². The number of halogens is 2. The Labute approximate surface area is 140 Å². The lowest BCUT2D eigenvalue weighted by molar-refractivity contribution is 0.489. The van der Waals surface area contributed by atoms with Gasteiger partial charge in [0.15, 0.2) is 0 Å². The fraction of sp³-hybridized carbons (Fsp3) is 0.294. The Morgan fingerprint density at radius 2 is 1.86 bits per heavy atom. The van der Waals surface area contributed by atoms with E-state index in [1.54, 1.807) is 0 Å². The number of benzene rings is 2. The molecule has 1 heterocycles. The summed E-state index contributed by atoms with van der Waals surface area (Å²) in [5, 5.41) is 4.96. The summed E-state index contributed by atoms with van der Waals surface area (Å²) in [6.45, 7) is 0. The molecule has 0 aliphatic carbocycles. The third-order valence-electron chi connectivity index (χ3n) is 4.08. The minimum atomic E-state index is 0.332. The highest BCUT2D eigenvalue weighted by Crippen LogP contribution is 2.42. The van der Waals surface area contributed by atoms with Gasteiger partial charge in [0, 0.05) is 32.7 Å². The van der Waals surface area contributed by atoms with Gasteiger partial charge in [-0.25, -0.2) is 0 Å². The van der Waals surface area contributed by atoms with E-state index in [0.717, 1.165) is 27.8 Å².